The van der Waals surface area contributed by atoms with Gasteiger partial charge >= 0.3 is 5.69 Å². The van der Waals surface area contributed by atoms with Gasteiger partial charge < -0.3 is 5.32 Å². The number of rotatable bonds is 7. The first kappa shape index (κ1) is 21.6. The Morgan fingerprint density at radius 3 is 2.31 bits per heavy atom. The van der Waals surface area contributed by atoms with Crippen LogP contribution in [0.3, 0.4) is 0 Å². The molecule has 0 saturated heterocycles. The molecule has 0 aliphatic carbocycles. The highest BCUT2D eigenvalue weighted by Gasteiger charge is 2.15. The number of amides is 1. The largest absolute Gasteiger partial charge is 0.350 e. The maximum atomic E-state index is 13.2. The standard InChI is InChI=1S/C25H22ClN3O3/c26-21-12-6-4-10-19(21)16-27-23(30)17-29-22-13-7-5-11-20(22)24(31)28(25(29)32)15-14-18-8-2-1-3-9-18/h1-13H,14-17H2,(H,27,30). The third-order valence-electron chi connectivity index (χ3n) is 5.33. The van der Waals surface area contributed by atoms with Crippen molar-refractivity contribution in [3.63, 3.8) is 0 Å². The number of nitrogens with zero attached hydrogens (tertiary/aromatic N) is 2. The molecule has 6 nitrogen and oxygen atoms in total. The lowest BCUT2D eigenvalue weighted by atomic mass is 10.1. The summed E-state index contributed by atoms with van der Waals surface area (Å²) in [5.74, 6) is -0.342. The Balaban J connectivity index is 1.62. The van der Waals surface area contributed by atoms with E-state index < -0.39 is 5.69 Å². The molecule has 0 radical (unpaired) electrons. The Morgan fingerprint density at radius 1 is 0.844 bits per heavy atom. The molecule has 0 spiro atoms. The van der Waals surface area contributed by atoms with Crippen molar-refractivity contribution in [1.82, 2.24) is 14.5 Å². The van der Waals surface area contributed by atoms with Crippen LogP contribution in [-0.2, 0) is 30.8 Å². The predicted octanol–water partition coefficient (Wildman–Crippen LogP) is 3.38. The summed E-state index contributed by atoms with van der Waals surface area (Å²) in [6, 6.07) is 23.7. The topological polar surface area (TPSA) is 73.1 Å². The molecule has 0 aliphatic heterocycles. The zero-order chi connectivity index (χ0) is 22.5. The summed E-state index contributed by atoms with van der Waals surface area (Å²) < 4.78 is 2.56. The minimum atomic E-state index is -0.502. The van der Waals surface area contributed by atoms with Crippen LogP contribution < -0.4 is 16.6 Å². The molecule has 4 rings (SSSR count). The maximum absolute atomic E-state index is 13.2. The minimum Gasteiger partial charge on any atom is -0.350 e. The molecule has 0 atom stereocenters. The molecule has 1 aromatic heterocycles. The van der Waals surface area contributed by atoms with Gasteiger partial charge in [-0.3, -0.25) is 18.7 Å². The third-order valence-corrected chi connectivity index (χ3v) is 5.70. The number of halogens is 1. The molecule has 1 amide bonds. The van der Waals surface area contributed by atoms with E-state index in [0.717, 1.165) is 11.1 Å². The van der Waals surface area contributed by atoms with Gasteiger partial charge in [0.25, 0.3) is 5.56 Å². The summed E-state index contributed by atoms with van der Waals surface area (Å²) >= 11 is 6.15. The number of aryl methyl sites for hydroxylation is 1. The summed E-state index contributed by atoms with van der Waals surface area (Å²) in [6.45, 7) is 0.280. The molecule has 32 heavy (non-hydrogen) atoms. The number of aromatic nitrogens is 2. The number of para-hydroxylation sites is 1. The van der Waals surface area contributed by atoms with Gasteiger partial charge in [-0.2, -0.15) is 0 Å². The molecule has 3 aromatic carbocycles. The summed E-state index contributed by atoms with van der Waals surface area (Å²) in [6.07, 6.45) is 0.535. The number of fused-ring (bicyclic) bond motifs is 1. The second-order valence-electron chi connectivity index (χ2n) is 7.45. The molecule has 4 aromatic rings. The maximum Gasteiger partial charge on any atom is 0.331 e. The molecular weight excluding hydrogens is 426 g/mol. The van der Waals surface area contributed by atoms with Gasteiger partial charge in [-0.05, 0) is 35.7 Å². The monoisotopic (exact) mass is 447 g/mol. The van der Waals surface area contributed by atoms with E-state index in [1.54, 1.807) is 30.3 Å². The van der Waals surface area contributed by atoms with Crippen molar-refractivity contribution in [2.45, 2.75) is 26.1 Å². The van der Waals surface area contributed by atoms with Crippen LogP contribution in [0.15, 0.2) is 88.5 Å². The smallest absolute Gasteiger partial charge is 0.331 e. The van der Waals surface area contributed by atoms with Crippen molar-refractivity contribution in [3.8, 4) is 0 Å². The average molecular weight is 448 g/mol. The third kappa shape index (κ3) is 4.65. The summed E-state index contributed by atoms with van der Waals surface area (Å²) in [7, 11) is 0. The van der Waals surface area contributed by atoms with Crippen molar-refractivity contribution in [2.75, 3.05) is 0 Å². The Labute approximate surface area is 189 Å². The van der Waals surface area contributed by atoms with Crippen LogP contribution in [0, 0.1) is 0 Å². The number of carbonyl (C=O) groups excluding carboxylic acids is 1. The molecule has 1 N–H and O–H groups in total. The van der Waals surface area contributed by atoms with Gasteiger partial charge in [0.15, 0.2) is 0 Å². The molecule has 0 saturated carbocycles. The first-order chi connectivity index (χ1) is 15.5. The lowest BCUT2D eigenvalue weighted by Gasteiger charge is -2.14. The molecule has 1 heterocycles. The molecule has 162 valence electrons. The fourth-order valence-corrected chi connectivity index (χ4v) is 3.84. The van der Waals surface area contributed by atoms with Crippen LogP contribution in [0.4, 0.5) is 0 Å². The number of hydrogen-bond donors (Lipinski definition) is 1. The normalized spacial score (nSPS) is 10.9. The fraction of sp³-hybridized carbons (Fsp3) is 0.160. The van der Waals surface area contributed by atoms with E-state index in [9.17, 15) is 14.4 Å². The van der Waals surface area contributed by atoms with Gasteiger partial charge in [0.1, 0.15) is 6.54 Å². The number of nitrogens with one attached hydrogen (secondary N) is 1. The van der Waals surface area contributed by atoms with Gasteiger partial charge in [0, 0.05) is 18.1 Å². The van der Waals surface area contributed by atoms with Crippen molar-refractivity contribution < 1.29 is 4.79 Å². The molecule has 7 heteroatoms. The zero-order valence-corrected chi connectivity index (χ0v) is 18.1. The van der Waals surface area contributed by atoms with Crippen molar-refractivity contribution in [2.24, 2.45) is 0 Å². The van der Waals surface area contributed by atoms with Crippen LogP contribution in [0.1, 0.15) is 11.1 Å². The molecule has 0 unspecified atom stereocenters. The Hall–Kier alpha value is -3.64. The molecular formula is C25H22ClN3O3. The van der Waals surface area contributed by atoms with E-state index in [4.69, 9.17) is 11.6 Å². The quantitative estimate of drug-likeness (QED) is 0.472. The number of benzene rings is 3. The lowest BCUT2D eigenvalue weighted by molar-refractivity contribution is -0.121. The lowest BCUT2D eigenvalue weighted by Crippen LogP contribution is -2.42. The first-order valence-electron chi connectivity index (χ1n) is 10.3. The van der Waals surface area contributed by atoms with Gasteiger partial charge in [-0.25, -0.2) is 4.79 Å². The van der Waals surface area contributed by atoms with E-state index >= 15 is 0 Å². The summed E-state index contributed by atoms with van der Waals surface area (Å²) in [5, 5.41) is 3.76. The van der Waals surface area contributed by atoms with Crippen LogP contribution in [0.5, 0.6) is 0 Å². The number of hydrogen-bond acceptors (Lipinski definition) is 3. The highest BCUT2D eigenvalue weighted by atomic mass is 35.5. The molecule has 0 bridgehead atoms. The highest BCUT2D eigenvalue weighted by molar-refractivity contribution is 6.31. The van der Waals surface area contributed by atoms with E-state index in [1.165, 1.54) is 9.13 Å². The summed E-state index contributed by atoms with van der Waals surface area (Å²) in [5.41, 5.74) is 1.39. The highest BCUT2D eigenvalue weighted by Crippen LogP contribution is 2.14. The molecule has 0 aliphatic rings. The SMILES string of the molecule is O=C(Cn1c(=O)n(CCc2ccccc2)c(=O)c2ccccc21)NCc1ccccc1Cl. The van der Waals surface area contributed by atoms with Crippen molar-refractivity contribution in [3.05, 3.63) is 116 Å². The van der Waals surface area contributed by atoms with E-state index in [1.807, 2.05) is 48.5 Å². The number of carbonyl (C=O) groups is 1. The first-order valence-corrected chi connectivity index (χ1v) is 10.7. The van der Waals surface area contributed by atoms with Crippen LogP contribution in [0.25, 0.3) is 10.9 Å². The Bertz CT molecular complexity index is 1380. The predicted molar refractivity (Wildman–Crippen MR) is 126 cm³/mol. The van der Waals surface area contributed by atoms with Gasteiger partial charge in [-0.1, -0.05) is 72.3 Å². The Kier molecular flexibility index (Phi) is 6.52. The van der Waals surface area contributed by atoms with Gasteiger partial charge in [0.2, 0.25) is 5.91 Å². The van der Waals surface area contributed by atoms with E-state index in [2.05, 4.69) is 5.32 Å². The minimum absolute atomic E-state index is 0.199. The fourth-order valence-electron chi connectivity index (χ4n) is 3.64. The van der Waals surface area contributed by atoms with Gasteiger partial charge in [0.05, 0.1) is 10.9 Å². The molecule has 0 fully saturated rings. The van der Waals surface area contributed by atoms with Crippen LogP contribution >= 0.6 is 11.6 Å². The van der Waals surface area contributed by atoms with Crippen molar-refractivity contribution >= 4 is 28.4 Å². The zero-order valence-electron chi connectivity index (χ0n) is 17.3. The Morgan fingerprint density at radius 2 is 1.53 bits per heavy atom. The second kappa shape index (κ2) is 9.66. The average Bonchev–Trinajstić information content (AvgIpc) is 2.82. The van der Waals surface area contributed by atoms with Gasteiger partial charge in [-0.15, -0.1) is 0 Å². The van der Waals surface area contributed by atoms with E-state index in [0.29, 0.717) is 22.3 Å². The summed E-state index contributed by atoms with van der Waals surface area (Å²) in [4.78, 5) is 38.9. The van der Waals surface area contributed by atoms with E-state index in [-0.39, 0.29) is 31.1 Å². The second-order valence-corrected chi connectivity index (χ2v) is 7.85. The van der Waals surface area contributed by atoms with Crippen molar-refractivity contribution in [1.29, 1.82) is 0 Å². The van der Waals surface area contributed by atoms with Crippen LogP contribution in [-0.4, -0.2) is 15.0 Å². The van der Waals surface area contributed by atoms with Crippen LogP contribution in [0.2, 0.25) is 5.02 Å².